The molecule has 4 rings (SSSR count). The smallest absolute Gasteiger partial charge is 0.358 e. The molecule has 0 aromatic heterocycles. The van der Waals surface area contributed by atoms with Gasteiger partial charge in [0.15, 0.2) is 11.4 Å². The molecule has 0 bridgehead atoms. The van der Waals surface area contributed by atoms with Gasteiger partial charge in [-0.15, -0.1) is 11.1 Å². The van der Waals surface area contributed by atoms with Gasteiger partial charge < -0.3 is 9.47 Å². The third-order valence-electron chi connectivity index (χ3n) is 5.93. The number of esters is 2. The van der Waals surface area contributed by atoms with E-state index in [9.17, 15) is 9.59 Å². The van der Waals surface area contributed by atoms with Crippen molar-refractivity contribution in [3.05, 3.63) is 21.5 Å². The normalized spacial score (nSPS) is 30.8. The van der Waals surface area contributed by atoms with Crippen LogP contribution in [0.3, 0.4) is 0 Å². The molecule has 10 nitrogen and oxygen atoms in total. The summed E-state index contributed by atoms with van der Waals surface area (Å²) < 4.78 is 10.4. The van der Waals surface area contributed by atoms with Crippen molar-refractivity contribution in [1.82, 2.24) is 31.9 Å². The van der Waals surface area contributed by atoms with Crippen molar-refractivity contribution < 1.29 is 19.1 Å². The van der Waals surface area contributed by atoms with Crippen molar-refractivity contribution in [2.24, 2.45) is 11.8 Å². The van der Waals surface area contributed by atoms with Crippen molar-refractivity contribution in [2.45, 2.75) is 52.6 Å². The average molecular weight is 425 g/mol. The molecule has 0 aromatic rings. The van der Waals surface area contributed by atoms with E-state index in [1.807, 2.05) is 10.0 Å². The highest BCUT2D eigenvalue weighted by molar-refractivity contribution is 8.06. The molecular weight excluding hydrogens is 396 g/mol. The highest BCUT2D eigenvalue weighted by Crippen LogP contribution is 2.47. The Balaban J connectivity index is 1.78. The highest BCUT2D eigenvalue weighted by Gasteiger charge is 2.50. The molecule has 1 saturated heterocycles. The molecule has 0 radical (unpaired) electrons. The molecule has 1 saturated carbocycles. The van der Waals surface area contributed by atoms with Crippen LogP contribution in [-0.2, 0) is 19.1 Å². The number of hydrazine groups is 4. The molecule has 3 aliphatic heterocycles. The Bertz CT molecular complexity index is 709. The van der Waals surface area contributed by atoms with Crippen molar-refractivity contribution in [3.63, 3.8) is 0 Å². The van der Waals surface area contributed by atoms with E-state index in [0.29, 0.717) is 33.3 Å². The molecule has 2 fully saturated rings. The quantitative estimate of drug-likeness (QED) is 0.478. The predicted molar refractivity (Wildman–Crippen MR) is 106 cm³/mol. The van der Waals surface area contributed by atoms with Crippen molar-refractivity contribution in [2.75, 3.05) is 13.2 Å². The summed E-state index contributed by atoms with van der Waals surface area (Å²) in [5.41, 5.74) is 13.0. The zero-order valence-electron chi connectivity index (χ0n) is 17.1. The summed E-state index contributed by atoms with van der Waals surface area (Å²) in [4.78, 5) is 25.0. The number of carbonyl (C=O) groups excluding carboxylic acids is 2. The maximum absolute atomic E-state index is 12.5. The zero-order valence-corrected chi connectivity index (χ0v) is 17.9. The van der Waals surface area contributed by atoms with Gasteiger partial charge in [-0.3, -0.25) is 20.9 Å². The first-order valence-electron chi connectivity index (χ1n) is 10.1. The van der Waals surface area contributed by atoms with Gasteiger partial charge in [0.05, 0.1) is 25.3 Å². The van der Waals surface area contributed by atoms with Gasteiger partial charge in [-0.1, -0.05) is 13.8 Å². The number of fused-ring (bicyclic) bond motifs is 5. The lowest BCUT2D eigenvalue weighted by Gasteiger charge is -2.45. The zero-order chi connectivity index (χ0) is 20.7. The van der Waals surface area contributed by atoms with Gasteiger partial charge in [-0.05, 0) is 50.3 Å². The highest BCUT2D eigenvalue weighted by atomic mass is 32.2. The molecule has 29 heavy (non-hydrogen) atoms. The number of rotatable bonds is 4. The largest absolute Gasteiger partial charge is 0.461 e. The summed E-state index contributed by atoms with van der Waals surface area (Å²) in [5, 5.41) is 5.43. The standard InChI is InChI=1S/C18H28N6O4S/c1-5-27-17(25)13-15-23(21-19-13)11-7-9(3)10(4)8-12(11)24-16(29-15)14(20-22-24)18(26)28-6-2/h9-12,19-22H,5-8H2,1-4H3. The second-order valence-electron chi connectivity index (χ2n) is 7.68. The van der Waals surface area contributed by atoms with Crippen LogP contribution in [0.15, 0.2) is 21.5 Å². The Kier molecular flexibility index (Phi) is 5.54. The Morgan fingerprint density at radius 1 is 0.897 bits per heavy atom. The van der Waals surface area contributed by atoms with Crippen LogP contribution in [0.1, 0.15) is 40.5 Å². The second-order valence-corrected chi connectivity index (χ2v) is 8.66. The van der Waals surface area contributed by atoms with Gasteiger partial charge in [0.25, 0.3) is 0 Å². The number of hydrogen-bond donors (Lipinski definition) is 4. The Labute approximate surface area is 174 Å². The van der Waals surface area contributed by atoms with Gasteiger partial charge in [-0.25, -0.2) is 9.59 Å². The molecule has 4 aliphatic rings. The minimum atomic E-state index is -0.426. The molecule has 4 atom stereocenters. The van der Waals surface area contributed by atoms with Crippen molar-refractivity contribution >= 4 is 23.7 Å². The number of thioether (sulfide) groups is 1. The average Bonchev–Trinajstić information content (AvgIpc) is 3.26. The summed E-state index contributed by atoms with van der Waals surface area (Å²) in [7, 11) is 0. The Hall–Kier alpha value is -2.11. The first-order valence-corrected chi connectivity index (χ1v) is 10.9. The molecule has 1 aliphatic carbocycles. The molecule has 0 amide bonds. The number of carbonyl (C=O) groups is 2. The first-order chi connectivity index (χ1) is 14.0. The van der Waals surface area contributed by atoms with E-state index in [4.69, 9.17) is 9.47 Å². The maximum atomic E-state index is 12.5. The third kappa shape index (κ3) is 3.40. The summed E-state index contributed by atoms with van der Waals surface area (Å²) in [5.74, 6) is 0.206. The summed E-state index contributed by atoms with van der Waals surface area (Å²) >= 11 is 1.35. The lowest BCUT2D eigenvalue weighted by atomic mass is 9.76. The molecule has 160 valence electrons. The van der Waals surface area contributed by atoms with Gasteiger partial charge in [0.2, 0.25) is 0 Å². The summed E-state index contributed by atoms with van der Waals surface area (Å²) in [6.45, 7) is 8.64. The van der Waals surface area contributed by atoms with Crippen LogP contribution in [0.2, 0.25) is 0 Å². The summed E-state index contributed by atoms with van der Waals surface area (Å²) in [6.07, 6.45) is 1.89. The maximum Gasteiger partial charge on any atom is 0.358 e. The molecule has 0 spiro atoms. The van der Waals surface area contributed by atoms with Crippen LogP contribution in [0.5, 0.6) is 0 Å². The van der Waals surface area contributed by atoms with Crippen LogP contribution in [-0.4, -0.2) is 47.3 Å². The third-order valence-corrected chi connectivity index (χ3v) is 7.11. The molecule has 4 N–H and O–H groups in total. The van der Waals surface area contributed by atoms with Gasteiger partial charge >= 0.3 is 11.9 Å². The minimum Gasteiger partial charge on any atom is -0.461 e. The molecular formula is C18H28N6O4S. The number of nitrogens with one attached hydrogen (secondary N) is 4. The fourth-order valence-corrected chi connectivity index (χ4v) is 5.43. The van der Waals surface area contributed by atoms with Crippen LogP contribution < -0.4 is 21.9 Å². The lowest BCUT2D eigenvalue weighted by Crippen LogP contribution is -2.59. The second kappa shape index (κ2) is 7.96. The topological polar surface area (TPSA) is 107 Å². The molecule has 3 heterocycles. The molecule has 0 aromatic carbocycles. The van der Waals surface area contributed by atoms with Crippen LogP contribution in [0, 0.1) is 11.8 Å². The SMILES string of the molecule is CCOC(=O)C1=C2SC3=C(C(=O)OCC)NNN3C3CC(C)C(C)CC3N2NN1. The molecule has 11 heteroatoms. The van der Waals surface area contributed by atoms with Crippen molar-refractivity contribution in [3.8, 4) is 0 Å². The van der Waals surface area contributed by atoms with Crippen molar-refractivity contribution in [1.29, 1.82) is 0 Å². The predicted octanol–water partition coefficient (Wildman–Crippen LogP) is 0.650. The van der Waals surface area contributed by atoms with E-state index >= 15 is 0 Å². The monoisotopic (exact) mass is 424 g/mol. The number of hydrogen-bond acceptors (Lipinski definition) is 11. The molecule has 4 unspecified atom stereocenters. The van der Waals surface area contributed by atoms with Gasteiger partial charge in [0, 0.05) is 0 Å². The fourth-order valence-electron chi connectivity index (χ4n) is 4.22. The van der Waals surface area contributed by atoms with E-state index in [0.717, 1.165) is 12.8 Å². The van der Waals surface area contributed by atoms with Crippen LogP contribution >= 0.6 is 11.8 Å². The van der Waals surface area contributed by atoms with E-state index in [1.54, 1.807) is 13.8 Å². The Morgan fingerprint density at radius 2 is 1.31 bits per heavy atom. The van der Waals surface area contributed by atoms with E-state index in [-0.39, 0.29) is 25.3 Å². The summed E-state index contributed by atoms with van der Waals surface area (Å²) in [6, 6.07) is 0.188. The minimum absolute atomic E-state index is 0.0940. The van der Waals surface area contributed by atoms with Crippen LogP contribution in [0.4, 0.5) is 0 Å². The van der Waals surface area contributed by atoms with Gasteiger partial charge in [0.1, 0.15) is 10.1 Å². The Morgan fingerprint density at radius 3 is 1.69 bits per heavy atom. The van der Waals surface area contributed by atoms with E-state index < -0.39 is 11.9 Å². The lowest BCUT2D eigenvalue weighted by molar-refractivity contribution is -0.139. The van der Waals surface area contributed by atoms with Crippen LogP contribution in [0.25, 0.3) is 0 Å². The first kappa shape index (κ1) is 20.2. The number of nitrogens with zero attached hydrogens (tertiary/aromatic N) is 2. The van der Waals surface area contributed by atoms with E-state index in [2.05, 4.69) is 35.8 Å². The van der Waals surface area contributed by atoms with E-state index in [1.165, 1.54) is 11.8 Å². The fraction of sp³-hybridized carbons (Fsp3) is 0.667. The number of ether oxygens (including phenoxy) is 2. The van der Waals surface area contributed by atoms with Gasteiger partial charge in [-0.2, -0.15) is 0 Å².